The van der Waals surface area contributed by atoms with Crippen molar-refractivity contribution >= 4 is 0 Å². The van der Waals surface area contributed by atoms with Crippen LogP contribution in [0, 0.1) is 6.07 Å². The molecule has 1 heterocycles. The van der Waals surface area contributed by atoms with E-state index in [1.54, 1.807) is 12.4 Å². The number of aromatic nitrogens is 2. The highest BCUT2D eigenvalue weighted by Crippen LogP contribution is 2.36. The van der Waals surface area contributed by atoms with E-state index in [9.17, 15) is 0 Å². The highest BCUT2D eigenvalue weighted by atomic mass is 15.0. The van der Waals surface area contributed by atoms with Crippen LogP contribution in [-0.4, -0.2) is 9.97 Å². The minimum Gasteiger partial charge on any atom is -0.319 e. The zero-order chi connectivity index (χ0) is 7.73. The molecule has 1 radical (unpaired) electrons. The first kappa shape index (κ1) is 6.73. The summed E-state index contributed by atoms with van der Waals surface area (Å²) in [4.78, 5) is 8.16. The van der Waals surface area contributed by atoms with Crippen molar-refractivity contribution in [3.05, 3.63) is 24.3 Å². The molecule has 57 valence electrons. The van der Waals surface area contributed by atoms with Crippen molar-refractivity contribution in [2.75, 3.05) is 0 Å². The van der Waals surface area contributed by atoms with Gasteiger partial charge in [-0.2, -0.15) is 0 Å². The fourth-order valence-corrected chi connectivity index (χ4v) is 1.30. The van der Waals surface area contributed by atoms with Crippen LogP contribution in [0.2, 0.25) is 0 Å². The van der Waals surface area contributed by atoms with Gasteiger partial charge in [0.05, 0.1) is 5.54 Å². The number of nitrogens with two attached hydrogens (primary N) is 1. The van der Waals surface area contributed by atoms with Crippen molar-refractivity contribution in [1.82, 2.24) is 9.97 Å². The maximum absolute atomic E-state index is 5.99. The molecule has 1 aromatic rings. The van der Waals surface area contributed by atoms with Crippen molar-refractivity contribution in [1.29, 1.82) is 0 Å². The van der Waals surface area contributed by atoms with Crippen LogP contribution in [0.5, 0.6) is 0 Å². The summed E-state index contributed by atoms with van der Waals surface area (Å²) in [5.74, 6) is 0.766. The van der Waals surface area contributed by atoms with Crippen LogP contribution in [0.1, 0.15) is 25.1 Å². The molecule has 0 bridgehead atoms. The van der Waals surface area contributed by atoms with Crippen LogP contribution >= 0.6 is 0 Å². The van der Waals surface area contributed by atoms with Crippen LogP contribution in [0.25, 0.3) is 0 Å². The Labute approximate surface area is 65.7 Å². The third-order valence-corrected chi connectivity index (χ3v) is 2.21. The topological polar surface area (TPSA) is 51.8 Å². The second kappa shape index (κ2) is 2.27. The SMILES string of the molecule is NC1(c2nc[c]cn2)CCC1. The van der Waals surface area contributed by atoms with Gasteiger partial charge in [-0.15, -0.1) is 0 Å². The molecule has 1 fully saturated rings. The lowest BCUT2D eigenvalue weighted by atomic mass is 9.77. The van der Waals surface area contributed by atoms with Gasteiger partial charge < -0.3 is 5.73 Å². The molecule has 0 spiro atoms. The smallest absolute Gasteiger partial charge is 0.148 e. The number of nitrogens with zero attached hydrogens (tertiary/aromatic N) is 2. The van der Waals surface area contributed by atoms with Crippen LogP contribution in [-0.2, 0) is 5.54 Å². The third-order valence-electron chi connectivity index (χ3n) is 2.21. The highest BCUT2D eigenvalue weighted by molar-refractivity contribution is 5.08. The number of rotatable bonds is 1. The maximum atomic E-state index is 5.99. The molecule has 3 heteroatoms. The summed E-state index contributed by atoms with van der Waals surface area (Å²) < 4.78 is 0. The summed E-state index contributed by atoms with van der Waals surface area (Å²) in [6.45, 7) is 0. The Morgan fingerprint density at radius 3 is 2.45 bits per heavy atom. The molecule has 0 amide bonds. The van der Waals surface area contributed by atoms with Gasteiger partial charge in [-0.05, 0) is 19.3 Å². The Bertz CT molecular complexity index is 241. The standard InChI is InChI=1S/C8H10N3/c9-8(3-1-4-8)7-10-5-2-6-11-7/h5-6H,1,3-4,9H2. The van der Waals surface area contributed by atoms with Gasteiger partial charge in [0, 0.05) is 18.5 Å². The Kier molecular flexibility index (Phi) is 1.39. The predicted molar refractivity (Wildman–Crippen MR) is 40.6 cm³/mol. The molecular formula is C8H10N3. The van der Waals surface area contributed by atoms with E-state index in [4.69, 9.17) is 5.73 Å². The van der Waals surface area contributed by atoms with E-state index >= 15 is 0 Å². The maximum Gasteiger partial charge on any atom is 0.148 e. The zero-order valence-corrected chi connectivity index (χ0v) is 6.25. The molecule has 2 N–H and O–H groups in total. The van der Waals surface area contributed by atoms with Crippen LogP contribution in [0.15, 0.2) is 12.4 Å². The van der Waals surface area contributed by atoms with Gasteiger partial charge in [0.1, 0.15) is 5.82 Å². The number of hydrogen-bond donors (Lipinski definition) is 1. The van der Waals surface area contributed by atoms with Gasteiger partial charge in [-0.3, -0.25) is 0 Å². The third kappa shape index (κ3) is 1.01. The van der Waals surface area contributed by atoms with Crippen LogP contribution < -0.4 is 5.73 Å². The molecule has 0 aliphatic heterocycles. The molecule has 1 aliphatic carbocycles. The van der Waals surface area contributed by atoms with Gasteiger partial charge in [0.15, 0.2) is 0 Å². The largest absolute Gasteiger partial charge is 0.319 e. The summed E-state index contributed by atoms with van der Waals surface area (Å²) >= 11 is 0. The molecule has 0 unspecified atom stereocenters. The van der Waals surface area contributed by atoms with Gasteiger partial charge in [0.25, 0.3) is 0 Å². The van der Waals surface area contributed by atoms with E-state index in [0.717, 1.165) is 18.7 Å². The lowest BCUT2D eigenvalue weighted by Gasteiger charge is -2.35. The van der Waals surface area contributed by atoms with Crippen molar-refractivity contribution in [3.63, 3.8) is 0 Å². The van der Waals surface area contributed by atoms with Crippen molar-refractivity contribution < 1.29 is 0 Å². The lowest BCUT2D eigenvalue weighted by Crippen LogP contribution is -2.44. The first-order valence-corrected chi connectivity index (χ1v) is 3.79. The minimum atomic E-state index is -0.227. The summed E-state index contributed by atoms with van der Waals surface area (Å²) in [6.07, 6.45) is 6.46. The van der Waals surface area contributed by atoms with E-state index in [1.807, 2.05) is 0 Å². The Hall–Kier alpha value is -0.960. The van der Waals surface area contributed by atoms with E-state index < -0.39 is 0 Å². The zero-order valence-electron chi connectivity index (χ0n) is 6.25. The van der Waals surface area contributed by atoms with E-state index in [1.165, 1.54) is 6.42 Å². The van der Waals surface area contributed by atoms with E-state index in [2.05, 4.69) is 16.0 Å². The molecule has 1 aliphatic rings. The quantitative estimate of drug-likeness (QED) is 0.635. The monoisotopic (exact) mass is 148 g/mol. The van der Waals surface area contributed by atoms with Crippen LogP contribution in [0.4, 0.5) is 0 Å². The molecule has 1 saturated carbocycles. The van der Waals surface area contributed by atoms with Crippen LogP contribution in [0.3, 0.4) is 0 Å². The summed E-state index contributed by atoms with van der Waals surface area (Å²) in [5.41, 5.74) is 5.76. The second-order valence-corrected chi connectivity index (χ2v) is 3.02. The van der Waals surface area contributed by atoms with Gasteiger partial charge in [-0.1, -0.05) is 0 Å². The molecule has 0 saturated heterocycles. The second-order valence-electron chi connectivity index (χ2n) is 3.02. The molecule has 0 atom stereocenters. The highest BCUT2D eigenvalue weighted by Gasteiger charge is 2.36. The first-order valence-electron chi connectivity index (χ1n) is 3.79. The molecular weight excluding hydrogens is 138 g/mol. The average Bonchev–Trinajstić information content (AvgIpc) is 2.02. The molecule has 11 heavy (non-hydrogen) atoms. The summed E-state index contributed by atoms with van der Waals surface area (Å²) in [5, 5.41) is 0. The van der Waals surface area contributed by atoms with Crippen molar-refractivity contribution in [2.24, 2.45) is 5.73 Å². The van der Waals surface area contributed by atoms with Gasteiger partial charge in [-0.25, -0.2) is 9.97 Å². The minimum absolute atomic E-state index is 0.227. The van der Waals surface area contributed by atoms with Gasteiger partial charge >= 0.3 is 0 Å². The fraction of sp³-hybridized carbons (Fsp3) is 0.500. The lowest BCUT2D eigenvalue weighted by molar-refractivity contribution is 0.238. The van der Waals surface area contributed by atoms with E-state index in [0.29, 0.717) is 0 Å². The Morgan fingerprint density at radius 1 is 1.36 bits per heavy atom. The number of hydrogen-bond acceptors (Lipinski definition) is 3. The fourth-order valence-electron chi connectivity index (χ4n) is 1.30. The van der Waals surface area contributed by atoms with Crippen molar-refractivity contribution in [2.45, 2.75) is 24.8 Å². The Morgan fingerprint density at radius 2 is 2.00 bits per heavy atom. The Balaban J connectivity index is 2.29. The van der Waals surface area contributed by atoms with E-state index in [-0.39, 0.29) is 5.54 Å². The average molecular weight is 148 g/mol. The summed E-state index contributed by atoms with van der Waals surface area (Å²) in [6, 6.07) is 2.78. The van der Waals surface area contributed by atoms with Crippen molar-refractivity contribution in [3.8, 4) is 0 Å². The predicted octanol–water partition coefficient (Wildman–Crippen LogP) is 0.615. The first-order chi connectivity index (χ1) is 5.31. The van der Waals surface area contributed by atoms with Gasteiger partial charge in [0.2, 0.25) is 0 Å². The summed E-state index contributed by atoms with van der Waals surface area (Å²) in [7, 11) is 0. The normalized spacial score (nSPS) is 20.8. The molecule has 0 aromatic carbocycles. The molecule has 3 nitrogen and oxygen atoms in total. The molecule has 2 rings (SSSR count). The molecule has 1 aromatic heterocycles.